The number of nitrogens with one attached hydrogen (secondary N) is 1. The summed E-state index contributed by atoms with van der Waals surface area (Å²) < 4.78 is 0. The van der Waals surface area contributed by atoms with Gasteiger partial charge < -0.3 is 5.32 Å². The maximum atomic E-state index is 4.47. The summed E-state index contributed by atoms with van der Waals surface area (Å²) in [5.74, 6) is 0. The highest BCUT2D eigenvalue weighted by Crippen LogP contribution is 2.36. The van der Waals surface area contributed by atoms with Gasteiger partial charge in [-0.25, -0.2) is 4.98 Å². The van der Waals surface area contributed by atoms with E-state index in [0.29, 0.717) is 5.54 Å². The van der Waals surface area contributed by atoms with Crippen molar-refractivity contribution in [1.82, 2.24) is 4.98 Å². The molecule has 1 fully saturated rings. The lowest BCUT2D eigenvalue weighted by molar-refractivity contribution is 0.465. The second-order valence-electron chi connectivity index (χ2n) is 4.26. The van der Waals surface area contributed by atoms with Crippen molar-refractivity contribution in [3.05, 3.63) is 11.1 Å². The van der Waals surface area contributed by atoms with Gasteiger partial charge in [-0.15, -0.1) is 11.3 Å². The molecule has 1 saturated carbocycles. The van der Waals surface area contributed by atoms with Gasteiger partial charge in [0, 0.05) is 10.9 Å². The van der Waals surface area contributed by atoms with E-state index in [2.05, 4.69) is 29.5 Å². The van der Waals surface area contributed by atoms with Crippen molar-refractivity contribution in [3.63, 3.8) is 0 Å². The van der Waals surface area contributed by atoms with Crippen molar-refractivity contribution in [2.45, 2.75) is 51.5 Å². The van der Waals surface area contributed by atoms with Gasteiger partial charge in [-0.1, -0.05) is 19.8 Å². The van der Waals surface area contributed by atoms with Crippen molar-refractivity contribution in [3.8, 4) is 0 Å². The standard InChI is InChI=1S/C11H18N2S/c1-3-11(6-4-5-7-11)13-10-12-9(2)8-14-10/h8H,3-7H2,1-2H3,(H,12,13). The number of nitrogens with zero attached hydrogens (tertiary/aromatic N) is 1. The predicted molar refractivity (Wildman–Crippen MR) is 62.0 cm³/mol. The minimum absolute atomic E-state index is 0.351. The Morgan fingerprint density at radius 1 is 1.50 bits per heavy atom. The topological polar surface area (TPSA) is 24.9 Å². The van der Waals surface area contributed by atoms with Crippen LogP contribution in [0.4, 0.5) is 5.13 Å². The third-order valence-corrected chi connectivity index (χ3v) is 4.10. The van der Waals surface area contributed by atoms with Crippen molar-refractivity contribution in [2.24, 2.45) is 0 Å². The fraction of sp³-hybridized carbons (Fsp3) is 0.727. The molecule has 0 saturated heterocycles. The van der Waals surface area contributed by atoms with Crippen LogP contribution in [-0.4, -0.2) is 10.5 Å². The second kappa shape index (κ2) is 3.89. The number of hydrogen-bond acceptors (Lipinski definition) is 3. The molecule has 0 aromatic carbocycles. The molecule has 1 aliphatic rings. The Balaban J connectivity index is 2.08. The van der Waals surface area contributed by atoms with Crippen molar-refractivity contribution >= 4 is 16.5 Å². The first-order chi connectivity index (χ1) is 6.74. The van der Waals surface area contributed by atoms with Gasteiger partial charge in [-0.2, -0.15) is 0 Å². The molecule has 0 radical (unpaired) electrons. The molecule has 1 aromatic heterocycles. The van der Waals surface area contributed by atoms with E-state index in [0.717, 1.165) is 10.8 Å². The highest BCUT2D eigenvalue weighted by atomic mass is 32.1. The van der Waals surface area contributed by atoms with Crippen LogP contribution in [0.25, 0.3) is 0 Å². The molecule has 0 unspecified atom stereocenters. The van der Waals surface area contributed by atoms with Gasteiger partial charge in [0.15, 0.2) is 5.13 Å². The zero-order valence-corrected chi connectivity index (χ0v) is 9.78. The molecule has 1 aromatic rings. The first kappa shape index (κ1) is 9.97. The Hall–Kier alpha value is -0.570. The van der Waals surface area contributed by atoms with Crippen LogP contribution in [0.3, 0.4) is 0 Å². The number of thiazole rings is 1. The van der Waals surface area contributed by atoms with E-state index in [4.69, 9.17) is 0 Å². The summed E-state index contributed by atoms with van der Waals surface area (Å²) in [7, 11) is 0. The maximum Gasteiger partial charge on any atom is 0.183 e. The normalized spacial score (nSPS) is 19.9. The maximum absolute atomic E-state index is 4.47. The molecule has 14 heavy (non-hydrogen) atoms. The van der Waals surface area contributed by atoms with Crippen LogP contribution < -0.4 is 5.32 Å². The van der Waals surface area contributed by atoms with Crippen LogP contribution in [0.1, 0.15) is 44.7 Å². The van der Waals surface area contributed by atoms with Crippen LogP contribution in [0.15, 0.2) is 5.38 Å². The van der Waals surface area contributed by atoms with Crippen LogP contribution in [0.2, 0.25) is 0 Å². The minimum Gasteiger partial charge on any atom is -0.356 e. The lowest BCUT2D eigenvalue weighted by Gasteiger charge is -2.28. The highest BCUT2D eigenvalue weighted by molar-refractivity contribution is 7.13. The van der Waals surface area contributed by atoms with E-state index in [1.165, 1.54) is 32.1 Å². The second-order valence-corrected chi connectivity index (χ2v) is 5.12. The zero-order valence-electron chi connectivity index (χ0n) is 8.97. The van der Waals surface area contributed by atoms with Crippen molar-refractivity contribution in [2.75, 3.05) is 5.32 Å². The average molecular weight is 210 g/mol. The van der Waals surface area contributed by atoms with E-state index in [-0.39, 0.29) is 0 Å². The zero-order chi connectivity index (χ0) is 10.0. The van der Waals surface area contributed by atoms with E-state index in [1.807, 2.05) is 0 Å². The number of aromatic nitrogens is 1. The first-order valence-corrected chi connectivity index (χ1v) is 6.32. The summed E-state index contributed by atoms with van der Waals surface area (Å²) in [5.41, 5.74) is 1.48. The van der Waals surface area contributed by atoms with Gasteiger partial charge in [0.2, 0.25) is 0 Å². The van der Waals surface area contributed by atoms with Gasteiger partial charge in [-0.05, 0) is 26.2 Å². The molecular formula is C11H18N2S. The van der Waals surface area contributed by atoms with Crippen LogP contribution in [-0.2, 0) is 0 Å². The summed E-state index contributed by atoms with van der Waals surface area (Å²) in [4.78, 5) is 4.47. The molecule has 1 heterocycles. The Morgan fingerprint density at radius 3 is 2.71 bits per heavy atom. The smallest absolute Gasteiger partial charge is 0.183 e. The molecule has 3 heteroatoms. The molecule has 0 atom stereocenters. The molecule has 1 aliphatic carbocycles. The molecule has 2 rings (SSSR count). The van der Waals surface area contributed by atoms with Crippen LogP contribution >= 0.6 is 11.3 Å². The van der Waals surface area contributed by atoms with E-state index < -0.39 is 0 Å². The Kier molecular flexibility index (Phi) is 2.77. The monoisotopic (exact) mass is 210 g/mol. The summed E-state index contributed by atoms with van der Waals surface area (Å²) in [6.45, 7) is 4.33. The largest absolute Gasteiger partial charge is 0.356 e. The summed E-state index contributed by atoms with van der Waals surface area (Å²) in [5, 5.41) is 6.85. The molecule has 0 amide bonds. The molecule has 2 nitrogen and oxygen atoms in total. The number of hydrogen-bond donors (Lipinski definition) is 1. The fourth-order valence-corrected chi connectivity index (χ4v) is 3.06. The van der Waals surface area contributed by atoms with Crippen molar-refractivity contribution < 1.29 is 0 Å². The number of anilines is 1. The number of rotatable bonds is 3. The van der Waals surface area contributed by atoms with Gasteiger partial charge in [0.1, 0.15) is 0 Å². The van der Waals surface area contributed by atoms with Gasteiger partial charge in [-0.3, -0.25) is 0 Å². The average Bonchev–Trinajstić information content (AvgIpc) is 2.77. The predicted octanol–water partition coefficient (Wildman–Crippen LogP) is 3.59. The third kappa shape index (κ3) is 1.92. The minimum atomic E-state index is 0.351. The van der Waals surface area contributed by atoms with Gasteiger partial charge in [0.25, 0.3) is 0 Å². The first-order valence-electron chi connectivity index (χ1n) is 5.44. The third-order valence-electron chi connectivity index (χ3n) is 3.23. The van der Waals surface area contributed by atoms with Gasteiger partial charge in [0.05, 0.1) is 5.69 Å². The number of aryl methyl sites for hydroxylation is 1. The Labute approximate surface area is 89.8 Å². The van der Waals surface area contributed by atoms with Gasteiger partial charge >= 0.3 is 0 Å². The lowest BCUT2D eigenvalue weighted by atomic mass is 9.95. The van der Waals surface area contributed by atoms with E-state index >= 15 is 0 Å². The summed E-state index contributed by atoms with van der Waals surface area (Å²) in [6.07, 6.45) is 6.56. The molecule has 78 valence electrons. The van der Waals surface area contributed by atoms with E-state index in [9.17, 15) is 0 Å². The summed E-state index contributed by atoms with van der Waals surface area (Å²) >= 11 is 1.73. The van der Waals surface area contributed by atoms with Crippen LogP contribution in [0.5, 0.6) is 0 Å². The fourth-order valence-electron chi connectivity index (χ4n) is 2.26. The van der Waals surface area contributed by atoms with Crippen LogP contribution in [0, 0.1) is 6.92 Å². The molecule has 0 bridgehead atoms. The summed E-state index contributed by atoms with van der Waals surface area (Å²) in [6, 6.07) is 0. The lowest BCUT2D eigenvalue weighted by Crippen LogP contribution is -2.33. The molecule has 0 spiro atoms. The molecule has 0 aliphatic heterocycles. The van der Waals surface area contributed by atoms with E-state index in [1.54, 1.807) is 11.3 Å². The highest BCUT2D eigenvalue weighted by Gasteiger charge is 2.32. The molecule has 1 N–H and O–H groups in total. The Bertz CT molecular complexity index is 300. The Morgan fingerprint density at radius 2 is 2.21 bits per heavy atom. The SMILES string of the molecule is CCC1(Nc2nc(C)cs2)CCCC1. The quantitative estimate of drug-likeness (QED) is 0.824. The molecular weight excluding hydrogens is 192 g/mol. The van der Waals surface area contributed by atoms with Crippen molar-refractivity contribution in [1.29, 1.82) is 0 Å².